The Morgan fingerprint density at radius 3 is 2.23 bits per heavy atom. The van der Waals surface area contributed by atoms with Crippen molar-refractivity contribution in [3.05, 3.63) is 81.6 Å². The maximum Gasteiger partial charge on any atom is 0.261 e. The maximum absolute atomic E-state index is 13.8. The van der Waals surface area contributed by atoms with Crippen LogP contribution in [0.1, 0.15) is 15.9 Å². The van der Waals surface area contributed by atoms with E-state index in [0.717, 1.165) is 5.56 Å². The average Bonchev–Trinajstić information content (AvgIpc) is 3.14. The van der Waals surface area contributed by atoms with Gasteiger partial charge < -0.3 is 9.73 Å². The van der Waals surface area contributed by atoms with Crippen LogP contribution in [0.4, 0.5) is 27.6 Å². The summed E-state index contributed by atoms with van der Waals surface area (Å²) in [7, 11) is 0. The van der Waals surface area contributed by atoms with Crippen LogP contribution in [-0.4, -0.2) is 10.9 Å². The number of aromatic nitrogens is 1. The van der Waals surface area contributed by atoms with Gasteiger partial charge in [-0.3, -0.25) is 4.79 Å². The highest BCUT2D eigenvalue weighted by Crippen LogP contribution is 2.32. The number of nitrogens with one attached hydrogen (secondary N) is 1. The van der Waals surface area contributed by atoms with E-state index in [1.54, 1.807) is 12.1 Å². The summed E-state index contributed by atoms with van der Waals surface area (Å²) in [6, 6.07) is 9.30. The molecular weight excluding hydrogens is 443 g/mol. The zero-order chi connectivity index (χ0) is 22.4. The molecule has 0 radical (unpaired) electrons. The van der Waals surface area contributed by atoms with E-state index in [4.69, 9.17) is 16.0 Å². The predicted molar refractivity (Wildman–Crippen MR) is 103 cm³/mol. The molecular formula is C21H10ClF5N2O2. The van der Waals surface area contributed by atoms with Crippen molar-refractivity contribution < 1.29 is 31.2 Å². The fourth-order valence-corrected chi connectivity index (χ4v) is 3.23. The third-order valence-electron chi connectivity index (χ3n) is 4.44. The number of fused-ring (bicyclic) bond motifs is 1. The molecule has 0 bridgehead atoms. The smallest absolute Gasteiger partial charge is 0.261 e. The first kappa shape index (κ1) is 20.8. The molecule has 0 spiro atoms. The van der Waals surface area contributed by atoms with Crippen LogP contribution >= 0.6 is 11.6 Å². The van der Waals surface area contributed by atoms with Gasteiger partial charge in [0.05, 0.1) is 10.6 Å². The predicted octanol–water partition coefficient (Wildman–Crippen LogP) is 6.40. The van der Waals surface area contributed by atoms with Crippen LogP contribution in [0.25, 0.3) is 22.6 Å². The zero-order valence-electron chi connectivity index (χ0n) is 15.5. The molecule has 1 heterocycles. The number of benzene rings is 3. The van der Waals surface area contributed by atoms with Crippen molar-refractivity contribution in [3.8, 4) is 11.5 Å². The molecule has 0 saturated heterocycles. The molecule has 1 N–H and O–H groups in total. The molecule has 0 aliphatic heterocycles. The Kier molecular flexibility index (Phi) is 5.14. The summed E-state index contributed by atoms with van der Waals surface area (Å²) < 4.78 is 73.2. The molecule has 10 heteroatoms. The van der Waals surface area contributed by atoms with E-state index in [1.807, 2.05) is 13.0 Å². The summed E-state index contributed by atoms with van der Waals surface area (Å²) in [6.07, 6.45) is 0. The highest BCUT2D eigenvalue weighted by atomic mass is 35.5. The van der Waals surface area contributed by atoms with Crippen molar-refractivity contribution in [2.75, 3.05) is 5.32 Å². The fraction of sp³-hybridized carbons (Fsp3) is 0.0476. The second kappa shape index (κ2) is 7.66. The number of nitrogens with zero attached hydrogens (tertiary/aromatic N) is 1. The Morgan fingerprint density at radius 2 is 1.58 bits per heavy atom. The van der Waals surface area contributed by atoms with E-state index in [0.29, 0.717) is 16.2 Å². The molecule has 158 valence electrons. The normalized spacial score (nSPS) is 11.2. The van der Waals surface area contributed by atoms with E-state index >= 15 is 0 Å². The molecule has 1 aromatic heterocycles. The van der Waals surface area contributed by atoms with Gasteiger partial charge in [-0.15, -0.1) is 0 Å². The van der Waals surface area contributed by atoms with E-state index < -0.39 is 40.6 Å². The summed E-state index contributed by atoms with van der Waals surface area (Å²) in [4.78, 5) is 16.5. The van der Waals surface area contributed by atoms with Gasteiger partial charge in [0.25, 0.3) is 5.91 Å². The Bertz CT molecular complexity index is 1340. The fourth-order valence-electron chi connectivity index (χ4n) is 2.91. The molecule has 3 aromatic carbocycles. The van der Waals surface area contributed by atoms with Gasteiger partial charge in [0.1, 0.15) is 11.1 Å². The van der Waals surface area contributed by atoms with Crippen molar-refractivity contribution in [1.29, 1.82) is 0 Å². The molecule has 4 aromatic rings. The number of aryl methyl sites for hydroxylation is 1. The minimum absolute atomic E-state index is 0.00343. The molecule has 4 rings (SSSR count). The minimum Gasteiger partial charge on any atom is -0.436 e. The Balaban J connectivity index is 1.68. The number of carbonyl (C=O) groups is 1. The molecule has 0 atom stereocenters. The number of halogens is 6. The van der Waals surface area contributed by atoms with E-state index in [9.17, 15) is 26.7 Å². The van der Waals surface area contributed by atoms with E-state index in [1.165, 1.54) is 18.2 Å². The van der Waals surface area contributed by atoms with Gasteiger partial charge in [-0.1, -0.05) is 17.7 Å². The number of hydrogen-bond acceptors (Lipinski definition) is 3. The summed E-state index contributed by atoms with van der Waals surface area (Å²) >= 11 is 6.21. The first-order valence-electron chi connectivity index (χ1n) is 8.67. The van der Waals surface area contributed by atoms with Crippen LogP contribution < -0.4 is 5.32 Å². The summed E-state index contributed by atoms with van der Waals surface area (Å²) in [5.74, 6) is -12.6. The average molecular weight is 453 g/mol. The maximum atomic E-state index is 13.8. The van der Waals surface area contributed by atoms with Gasteiger partial charge in [-0.2, -0.15) is 0 Å². The Hall–Kier alpha value is -3.46. The van der Waals surface area contributed by atoms with Crippen LogP contribution in [0.3, 0.4) is 0 Å². The number of hydrogen-bond donors (Lipinski definition) is 1. The SMILES string of the molecule is Cc1ccc(-c2nc3cc(NC(=O)c4c(F)c(F)c(F)c(F)c4F)ccc3o2)c(Cl)c1. The van der Waals surface area contributed by atoms with Crippen LogP contribution in [0.2, 0.25) is 5.02 Å². The van der Waals surface area contributed by atoms with Gasteiger partial charge in [0, 0.05) is 5.69 Å². The topological polar surface area (TPSA) is 55.1 Å². The van der Waals surface area contributed by atoms with Crippen molar-refractivity contribution in [2.24, 2.45) is 0 Å². The summed E-state index contributed by atoms with van der Waals surface area (Å²) in [5.41, 5.74) is 0.446. The minimum atomic E-state index is -2.35. The first-order valence-corrected chi connectivity index (χ1v) is 9.05. The lowest BCUT2D eigenvalue weighted by Gasteiger charge is -2.09. The molecule has 1 amide bonds. The van der Waals surface area contributed by atoms with Crippen LogP contribution in [0.15, 0.2) is 40.8 Å². The number of oxazole rings is 1. The third-order valence-corrected chi connectivity index (χ3v) is 4.75. The lowest BCUT2D eigenvalue weighted by Crippen LogP contribution is -2.19. The van der Waals surface area contributed by atoms with Gasteiger partial charge in [-0.05, 0) is 42.8 Å². The Labute approximate surface area is 176 Å². The van der Waals surface area contributed by atoms with Crippen LogP contribution in [0, 0.1) is 36.0 Å². The number of amides is 1. The lowest BCUT2D eigenvalue weighted by molar-refractivity contribution is 0.101. The molecule has 31 heavy (non-hydrogen) atoms. The second-order valence-electron chi connectivity index (χ2n) is 6.58. The van der Waals surface area contributed by atoms with Crippen LogP contribution in [0.5, 0.6) is 0 Å². The van der Waals surface area contributed by atoms with Gasteiger partial charge in [-0.25, -0.2) is 26.9 Å². The Morgan fingerprint density at radius 1 is 0.935 bits per heavy atom. The van der Waals surface area contributed by atoms with Crippen molar-refractivity contribution in [3.63, 3.8) is 0 Å². The molecule has 0 unspecified atom stereocenters. The number of carbonyl (C=O) groups excluding carboxylic acids is 1. The van der Waals surface area contributed by atoms with Crippen molar-refractivity contribution in [2.45, 2.75) is 6.92 Å². The molecule has 0 aliphatic rings. The molecule has 0 aliphatic carbocycles. The third kappa shape index (κ3) is 3.61. The van der Waals surface area contributed by atoms with Gasteiger partial charge >= 0.3 is 0 Å². The van der Waals surface area contributed by atoms with Crippen molar-refractivity contribution in [1.82, 2.24) is 4.98 Å². The highest BCUT2D eigenvalue weighted by Gasteiger charge is 2.29. The molecule has 0 fully saturated rings. The first-order chi connectivity index (χ1) is 14.7. The lowest BCUT2D eigenvalue weighted by atomic mass is 10.1. The monoisotopic (exact) mass is 452 g/mol. The second-order valence-corrected chi connectivity index (χ2v) is 6.99. The van der Waals surface area contributed by atoms with Crippen molar-refractivity contribution >= 4 is 34.3 Å². The van der Waals surface area contributed by atoms with Crippen LogP contribution in [-0.2, 0) is 0 Å². The molecule has 0 saturated carbocycles. The van der Waals surface area contributed by atoms with Gasteiger partial charge in [0.15, 0.2) is 28.9 Å². The highest BCUT2D eigenvalue weighted by molar-refractivity contribution is 6.33. The van der Waals surface area contributed by atoms with E-state index in [2.05, 4.69) is 10.3 Å². The van der Waals surface area contributed by atoms with E-state index in [-0.39, 0.29) is 17.1 Å². The largest absolute Gasteiger partial charge is 0.436 e. The van der Waals surface area contributed by atoms with Gasteiger partial charge in [0.2, 0.25) is 11.7 Å². The quantitative estimate of drug-likeness (QED) is 0.222. The zero-order valence-corrected chi connectivity index (χ0v) is 16.3. The molecule has 4 nitrogen and oxygen atoms in total. The number of anilines is 1. The number of rotatable bonds is 3. The summed E-state index contributed by atoms with van der Waals surface area (Å²) in [5, 5.41) is 2.50. The standard InChI is InChI=1S/C21H10ClF5N2O2/c1-8-2-4-10(11(22)6-8)21-29-12-7-9(3-5-13(12)31-21)28-20(30)14-15(23)17(25)19(27)18(26)16(14)24/h2-7H,1H3,(H,28,30). The summed E-state index contributed by atoms with van der Waals surface area (Å²) in [6.45, 7) is 1.86.